The Morgan fingerprint density at radius 2 is 2.09 bits per heavy atom. The number of nitrogens with two attached hydrogens (primary N) is 1. The van der Waals surface area contributed by atoms with Crippen LogP contribution in [0.1, 0.15) is 29.5 Å². The van der Waals surface area contributed by atoms with Crippen LogP contribution in [0, 0.1) is 20.8 Å². The number of benzene rings is 1. The lowest BCUT2D eigenvalue weighted by atomic mass is 10.1. The van der Waals surface area contributed by atoms with Gasteiger partial charge in [-0.3, -0.25) is 9.69 Å². The standard InChI is InChI=1S/C17H26N2O3/c1-11-6-7-12(2)16(13(11)3)22-10-14(20)9-19-8-4-5-15(19)17(18)21/h6-7,14-15,20H,4-5,8-10H2,1-3H3,(H2,18,21)/t14-,15+/m0/s1. The first-order chi connectivity index (χ1) is 10.4. The van der Waals surface area contributed by atoms with Crippen LogP contribution in [0.3, 0.4) is 0 Å². The number of rotatable bonds is 6. The summed E-state index contributed by atoms with van der Waals surface area (Å²) in [5.74, 6) is 0.530. The molecule has 2 rings (SSSR count). The van der Waals surface area contributed by atoms with E-state index in [1.54, 1.807) is 0 Å². The summed E-state index contributed by atoms with van der Waals surface area (Å²) < 4.78 is 5.82. The minimum atomic E-state index is -0.640. The van der Waals surface area contributed by atoms with E-state index in [2.05, 4.69) is 6.07 Å². The lowest BCUT2D eigenvalue weighted by Crippen LogP contribution is -2.44. The number of primary amides is 1. The summed E-state index contributed by atoms with van der Waals surface area (Å²) in [6.45, 7) is 7.49. The third-order valence-electron chi connectivity index (χ3n) is 4.43. The number of ether oxygens (including phenoxy) is 1. The molecule has 2 atom stereocenters. The number of carbonyl (C=O) groups is 1. The normalized spacial score (nSPS) is 20.1. The van der Waals surface area contributed by atoms with Crippen LogP contribution in [0.2, 0.25) is 0 Å². The summed E-state index contributed by atoms with van der Waals surface area (Å²) in [4.78, 5) is 13.3. The molecule has 1 aromatic carbocycles. The van der Waals surface area contributed by atoms with Gasteiger partial charge in [0, 0.05) is 6.54 Å². The van der Waals surface area contributed by atoms with E-state index in [0.29, 0.717) is 6.54 Å². The number of aliphatic hydroxyl groups excluding tert-OH is 1. The molecule has 22 heavy (non-hydrogen) atoms. The molecule has 1 saturated heterocycles. The molecule has 3 N–H and O–H groups in total. The van der Waals surface area contributed by atoms with Crippen LogP contribution in [0.5, 0.6) is 5.75 Å². The van der Waals surface area contributed by atoms with Crippen LogP contribution in [-0.4, -0.2) is 47.8 Å². The van der Waals surface area contributed by atoms with Crippen molar-refractivity contribution < 1.29 is 14.6 Å². The average molecular weight is 306 g/mol. The van der Waals surface area contributed by atoms with E-state index in [1.165, 1.54) is 5.56 Å². The van der Waals surface area contributed by atoms with Gasteiger partial charge >= 0.3 is 0 Å². The maximum absolute atomic E-state index is 11.4. The third-order valence-corrected chi connectivity index (χ3v) is 4.43. The van der Waals surface area contributed by atoms with E-state index in [4.69, 9.17) is 10.5 Å². The van der Waals surface area contributed by atoms with Gasteiger partial charge in [-0.2, -0.15) is 0 Å². The molecular weight excluding hydrogens is 280 g/mol. The zero-order valence-corrected chi connectivity index (χ0v) is 13.6. The highest BCUT2D eigenvalue weighted by Crippen LogP contribution is 2.26. The highest BCUT2D eigenvalue weighted by molar-refractivity contribution is 5.80. The number of nitrogens with zero attached hydrogens (tertiary/aromatic N) is 1. The van der Waals surface area contributed by atoms with Crippen molar-refractivity contribution in [3.63, 3.8) is 0 Å². The molecule has 0 radical (unpaired) electrons. The van der Waals surface area contributed by atoms with Gasteiger partial charge in [0.05, 0.1) is 6.04 Å². The van der Waals surface area contributed by atoms with Gasteiger partial charge in [-0.1, -0.05) is 12.1 Å². The topological polar surface area (TPSA) is 75.8 Å². The van der Waals surface area contributed by atoms with Crippen LogP contribution >= 0.6 is 0 Å². The molecule has 0 unspecified atom stereocenters. The second-order valence-corrected chi connectivity index (χ2v) is 6.17. The molecule has 0 saturated carbocycles. The van der Waals surface area contributed by atoms with E-state index in [0.717, 1.165) is 36.3 Å². The predicted octanol–water partition coefficient (Wildman–Crippen LogP) is 1.30. The van der Waals surface area contributed by atoms with Crippen molar-refractivity contribution in [1.82, 2.24) is 4.90 Å². The maximum atomic E-state index is 11.4. The molecular formula is C17H26N2O3. The Morgan fingerprint density at radius 1 is 1.41 bits per heavy atom. The first-order valence-corrected chi connectivity index (χ1v) is 7.81. The first-order valence-electron chi connectivity index (χ1n) is 7.81. The second-order valence-electron chi connectivity index (χ2n) is 6.17. The fourth-order valence-corrected chi connectivity index (χ4v) is 3.02. The van der Waals surface area contributed by atoms with E-state index in [9.17, 15) is 9.90 Å². The van der Waals surface area contributed by atoms with Crippen molar-refractivity contribution in [1.29, 1.82) is 0 Å². The maximum Gasteiger partial charge on any atom is 0.234 e. The predicted molar refractivity (Wildman–Crippen MR) is 85.9 cm³/mol. The number of likely N-dealkylation sites (tertiary alicyclic amines) is 1. The molecule has 1 amide bonds. The van der Waals surface area contributed by atoms with Crippen LogP contribution in [-0.2, 0) is 4.79 Å². The van der Waals surface area contributed by atoms with Crippen molar-refractivity contribution >= 4 is 5.91 Å². The molecule has 122 valence electrons. The van der Waals surface area contributed by atoms with Crippen molar-refractivity contribution in [3.8, 4) is 5.75 Å². The lowest BCUT2D eigenvalue weighted by Gasteiger charge is -2.25. The summed E-state index contributed by atoms with van der Waals surface area (Å²) >= 11 is 0. The molecule has 0 bridgehead atoms. The Balaban J connectivity index is 1.92. The number of aryl methyl sites for hydroxylation is 2. The summed E-state index contributed by atoms with van der Waals surface area (Å²) in [5, 5.41) is 10.2. The quantitative estimate of drug-likeness (QED) is 0.830. The van der Waals surface area contributed by atoms with E-state index < -0.39 is 6.10 Å². The SMILES string of the molecule is Cc1ccc(C)c(OC[C@@H](O)CN2CCC[C@@H]2C(N)=O)c1C. The van der Waals surface area contributed by atoms with Crippen LogP contribution in [0.15, 0.2) is 12.1 Å². The van der Waals surface area contributed by atoms with Crippen molar-refractivity contribution in [3.05, 3.63) is 28.8 Å². The smallest absolute Gasteiger partial charge is 0.234 e. The summed E-state index contributed by atoms with van der Waals surface area (Å²) in [6, 6.07) is 3.83. The molecule has 1 aromatic rings. The largest absolute Gasteiger partial charge is 0.490 e. The van der Waals surface area contributed by atoms with E-state index in [1.807, 2.05) is 31.7 Å². The number of hydrogen-bond donors (Lipinski definition) is 2. The van der Waals surface area contributed by atoms with Gasteiger partial charge in [-0.05, 0) is 56.8 Å². The molecule has 5 nitrogen and oxygen atoms in total. The Kier molecular flexibility index (Phi) is 5.42. The highest BCUT2D eigenvalue weighted by atomic mass is 16.5. The van der Waals surface area contributed by atoms with Gasteiger partial charge in [0.2, 0.25) is 5.91 Å². The number of hydrogen-bond acceptors (Lipinski definition) is 4. The number of carbonyl (C=O) groups excluding carboxylic acids is 1. The third kappa shape index (κ3) is 3.78. The van der Waals surface area contributed by atoms with Gasteiger partial charge in [0.15, 0.2) is 0 Å². The fraction of sp³-hybridized carbons (Fsp3) is 0.588. The summed E-state index contributed by atoms with van der Waals surface area (Å²) in [5.41, 5.74) is 8.72. The monoisotopic (exact) mass is 306 g/mol. The fourth-order valence-electron chi connectivity index (χ4n) is 3.02. The summed E-state index contributed by atoms with van der Waals surface area (Å²) in [7, 11) is 0. The first kappa shape index (κ1) is 16.8. The number of β-amino-alcohol motifs (C(OH)–C–C–N with tert-alkyl or cyclic N) is 1. The molecule has 1 aliphatic rings. The zero-order valence-electron chi connectivity index (χ0n) is 13.6. The number of amides is 1. The van der Waals surface area contributed by atoms with Crippen LogP contribution in [0.25, 0.3) is 0 Å². The minimum absolute atomic E-state index is 0.215. The molecule has 1 heterocycles. The summed E-state index contributed by atoms with van der Waals surface area (Å²) in [6.07, 6.45) is 1.08. The molecule has 0 aliphatic carbocycles. The van der Waals surface area contributed by atoms with E-state index in [-0.39, 0.29) is 18.6 Å². The van der Waals surface area contributed by atoms with Crippen LogP contribution < -0.4 is 10.5 Å². The van der Waals surface area contributed by atoms with Gasteiger partial charge in [-0.25, -0.2) is 0 Å². The Bertz CT molecular complexity index is 545. The van der Waals surface area contributed by atoms with Crippen molar-refractivity contribution in [2.45, 2.75) is 45.8 Å². The molecule has 1 aliphatic heterocycles. The van der Waals surface area contributed by atoms with Gasteiger partial charge in [0.1, 0.15) is 18.5 Å². The lowest BCUT2D eigenvalue weighted by molar-refractivity contribution is -0.122. The van der Waals surface area contributed by atoms with E-state index >= 15 is 0 Å². The molecule has 5 heteroatoms. The number of aliphatic hydroxyl groups is 1. The van der Waals surface area contributed by atoms with Gasteiger partial charge in [-0.15, -0.1) is 0 Å². The van der Waals surface area contributed by atoms with Crippen molar-refractivity contribution in [2.24, 2.45) is 5.73 Å². The Hall–Kier alpha value is -1.59. The highest BCUT2D eigenvalue weighted by Gasteiger charge is 2.30. The Morgan fingerprint density at radius 3 is 2.77 bits per heavy atom. The van der Waals surface area contributed by atoms with Crippen LogP contribution in [0.4, 0.5) is 0 Å². The molecule has 0 spiro atoms. The molecule has 0 aromatic heterocycles. The second kappa shape index (κ2) is 7.11. The molecule has 1 fully saturated rings. The average Bonchev–Trinajstić information content (AvgIpc) is 2.91. The Labute approximate surface area is 132 Å². The van der Waals surface area contributed by atoms with Gasteiger partial charge in [0.25, 0.3) is 0 Å². The zero-order chi connectivity index (χ0) is 16.3. The minimum Gasteiger partial charge on any atom is -0.490 e. The van der Waals surface area contributed by atoms with Crippen molar-refractivity contribution in [2.75, 3.05) is 19.7 Å². The van der Waals surface area contributed by atoms with Gasteiger partial charge < -0.3 is 15.6 Å².